The third kappa shape index (κ3) is 6.44. The summed E-state index contributed by atoms with van der Waals surface area (Å²) in [7, 11) is 0. The lowest BCUT2D eigenvalue weighted by Crippen LogP contribution is -2.46. The van der Waals surface area contributed by atoms with Gasteiger partial charge in [-0.05, 0) is 81.3 Å². The van der Waals surface area contributed by atoms with E-state index in [0.717, 1.165) is 36.2 Å². The molecule has 39 heavy (non-hydrogen) atoms. The molecular formula is C31H43N7O. The van der Waals surface area contributed by atoms with Gasteiger partial charge in [-0.1, -0.05) is 31.4 Å². The number of carbonyl (C=O) groups excluding carboxylic acids is 1. The summed E-state index contributed by atoms with van der Waals surface area (Å²) < 4.78 is 0. The first-order chi connectivity index (χ1) is 19.2. The van der Waals surface area contributed by atoms with Crippen molar-refractivity contribution in [3.05, 3.63) is 71.8 Å². The SMILES string of the molecule is O=C(c1cccc(CCN2CCC3(CCN(C4CCCCC4)CC3)C2)c1)N(Cc1ncc[nH]1)Cc1ncc[nH]1. The molecule has 8 heteroatoms. The Bertz CT molecular complexity index is 1140. The molecule has 0 unspecified atom stereocenters. The third-order valence-electron chi connectivity index (χ3n) is 9.44. The highest BCUT2D eigenvalue weighted by Gasteiger charge is 2.41. The number of nitrogens with one attached hydrogen (secondary N) is 2. The summed E-state index contributed by atoms with van der Waals surface area (Å²) in [5, 5.41) is 0. The predicted molar refractivity (Wildman–Crippen MR) is 152 cm³/mol. The zero-order chi connectivity index (χ0) is 26.5. The van der Waals surface area contributed by atoms with Crippen LogP contribution in [0.2, 0.25) is 0 Å². The summed E-state index contributed by atoms with van der Waals surface area (Å²) in [6.07, 6.45) is 19.2. The second-order valence-corrected chi connectivity index (χ2v) is 12.0. The van der Waals surface area contributed by atoms with E-state index in [1.807, 2.05) is 12.1 Å². The number of likely N-dealkylation sites (tertiary alicyclic amines) is 2. The van der Waals surface area contributed by atoms with Crippen LogP contribution in [0.5, 0.6) is 0 Å². The minimum absolute atomic E-state index is 0.00509. The first-order valence-corrected chi connectivity index (χ1v) is 15.0. The average molecular weight is 530 g/mol. The summed E-state index contributed by atoms with van der Waals surface area (Å²) in [5.74, 6) is 1.52. The summed E-state index contributed by atoms with van der Waals surface area (Å²) in [4.78, 5) is 35.7. The molecule has 0 bridgehead atoms. The van der Waals surface area contributed by atoms with E-state index in [4.69, 9.17) is 0 Å². The van der Waals surface area contributed by atoms with Crippen molar-refractivity contribution >= 4 is 5.91 Å². The van der Waals surface area contributed by atoms with E-state index >= 15 is 0 Å². The van der Waals surface area contributed by atoms with Crippen molar-refractivity contribution < 1.29 is 4.79 Å². The molecule has 8 nitrogen and oxygen atoms in total. The lowest BCUT2D eigenvalue weighted by molar-refractivity contribution is 0.0620. The molecule has 6 rings (SSSR count). The molecule has 3 aromatic rings. The highest BCUT2D eigenvalue weighted by Crippen LogP contribution is 2.41. The van der Waals surface area contributed by atoms with Crippen LogP contribution in [0, 0.1) is 5.41 Å². The van der Waals surface area contributed by atoms with Crippen LogP contribution >= 0.6 is 0 Å². The van der Waals surface area contributed by atoms with Gasteiger partial charge in [-0.3, -0.25) is 4.79 Å². The second-order valence-electron chi connectivity index (χ2n) is 12.0. The quantitative estimate of drug-likeness (QED) is 0.422. The molecule has 1 aliphatic carbocycles. The molecule has 0 atom stereocenters. The first kappa shape index (κ1) is 26.3. The molecule has 2 aliphatic heterocycles. The van der Waals surface area contributed by atoms with Crippen LogP contribution in [0.25, 0.3) is 0 Å². The Hall–Kier alpha value is -2.97. The van der Waals surface area contributed by atoms with Crippen LogP contribution in [-0.2, 0) is 19.5 Å². The summed E-state index contributed by atoms with van der Waals surface area (Å²) >= 11 is 0. The van der Waals surface area contributed by atoms with Crippen molar-refractivity contribution in [2.24, 2.45) is 5.41 Å². The number of rotatable bonds is 9. The number of piperidine rings is 1. The lowest BCUT2D eigenvalue weighted by Gasteiger charge is -2.44. The lowest BCUT2D eigenvalue weighted by atomic mass is 9.77. The van der Waals surface area contributed by atoms with Crippen LogP contribution in [0.3, 0.4) is 0 Å². The van der Waals surface area contributed by atoms with Gasteiger partial charge in [0.05, 0.1) is 13.1 Å². The second kappa shape index (κ2) is 12.0. The van der Waals surface area contributed by atoms with E-state index < -0.39 is 0 Å². The zero-order valence-corrected chi connectivity index (χ0v) is 23.2. The van der Waals surface area contributed by atoms with Gasteiger partial charge in [0.1, 0.15) is 11.6 Å². The van der Waals surface area contributed by atoms with Crippen LogP contribution in [-0.4, -0.2) is 79.3 Å². The molecule has 2 aromatic heterocycles. The minimum atomic E-state index is -0.00509. The number of aromatic amines is 2. The van der Waals surface area contributed by atoms with Crippen LogP contribution in [0.4, 0.5) is 0 Å². The smallest absolute Gasteiger partial charge is 0.254 e. The standard InChI is InChI=1S/C31H43N7O/c39-30(38(22-28-32-13-14-33-28)23-29-34-15-16-35-29)26-6-4-5-25(21-26)9-17-36-18-10-31(24-36)11-19-37(20-12-31)27-7-2-1-3-8-27/h4-6,13-16,21,27H,1-3,7-12,17-20,22-24H2,(H,32,33)(H,34,35). The van der Waals surface area contributed by atoms with Crippen molar-refractivity contribution in [2.75, 3.05) is 32.7 Å². The molecule has 1 saturated carbocycles. The van der Waals surface area contributed by atoms with Gasteiger partial charge in [0, 0.05) is 49.5 Å². The monoisotopic (exact) mass is 529 g/mol. The Balaban J connectivity index is 1.03. The zero-order valence-electron chi connectivity index (χ0n) is 23.2. The van der Waals surface area contributed by atoms with Gasteiger partial charge in [0.2, 0.25) is 0 Å². The molecule has 4 heterocycles. The largest absolute Gasteiger partial charge is 0.347 e. The number of carbonyl (C=O) groups is 1. The molecule has 1 amide bonds. The Labute approximate surface area is 232 Å². The van der Waals surface area contributed by atoms with Crippen LogP contribution < -0.4 is 0 Å². The Kier molecular flexibility index (Phi) is 8.11. The summed E-state index contributed by atoms with van der Waals surface area (Å²) in [5.41, 5.74) is 2.48. The topological polar surface area (TPSA) is 84.2 Å². The molecule has 1 aromatic carbocycles. The maximum Gasteiger partial charge on any atom is 0.254 e. The predicted octanol–water partition coefficient (Wildman–Crippen LogP) is 4.64. The molecule has 0 radical (unpaired) electrons. The first-order valence-electron chi connectivity index (χ1n) is 15.0. The fraction of sp³-hybridized carbons (Fsp3) is 0.581. The number of benzene rings is 1. The van der Waals surface area contributed by atoms with Crippen molar-refractivity contribution in [3.63, 3.8) is 0 Å². The number of hydrogen-bond acceptors (Lipinski definition) is 5. The third-order valence-corrected chi connectivity index (χ3v) is 9.44. The number of imidazole rings is 2. The van der Waals surface area contributed by atoms with E-state index in [-0.39, 0.29) is 5.91 Å². The molecular weight excluding hydrogens is 486 g/mol. The van der Waals surface area contributed by atoms with E-state index in [0.29, 0.717) is 18.5 Å². The summed E-state index contributed by atoms with van der Waals surface area (Å²) in [6.45, 7) is 6.93. The van der Waals surface area contributed by atoms with E-state index in [1.54, 1.807) is 29.7 Å². The molecule has 2 N–H and O–H groups in total. The minimum Gasteiger partial charge on any atom is -0.347 e. The van der Waals surface area contributed by atoms with Gasteiger partial charge in [0.15, 0.2) is 0 Å². The number of nitrogens with zero attached hydrogens (tertiary/aromatic N) is 5. The Morgan fingerprint density at radius 1 is 0.949 bits per heavy atom. The van der Waals surface area contributed by atoms with E-state index in [1.165, 1.54) is 83.1 Å². The van der Waals surface area contributed by atoms with E-state index in [9.17, 15) is 4.79 Å². The molecule has 3 fully saturated rings. The maximum atomic E-state index is 13.6. The Morgan fingerprint density at radius 3 is 2.31 bits per heavy atom. The number of H-pyrrole nitrogens is 2. The van der Waals surface area contributed by atoms with Gasteiger partial charge in [-0.15, -0.1) is 0 Å². The molecule has 1 spiro atoms. The summed E-state index contributed by atoms with van der Waals surface area (Å²) in [6, 6.07) is 9.04. The number of aromatic nitrogens is 4. The normalized spacial score (nSPS) is 20.5. The maximum absolute atomic E-state index is 13.6. The van der Waals surface area contributed by atoms with Crippen molar-refractivity contribution in [3.8, 4) is 0 Å². The van der Waals surface area contributed by atoms with E-state index in [2.05, 4.69) is 41.9 Å². The number of hydrogen-bond donors (Lipinski definition) is 2. The van der Waals surface area contributed by atoms with Crippen molar-refractivity contribution in [2.45, 2.75) is 76.9 Å². The van der Waals surface area contributed by atoms with Crippen molar-refractivity contribution in [1.82, 2.24) is 34.6 Å². The fourth-order valence-corrected chi connectivity index (χ4v) is 7.10. The van der Waals surface area contributed by atoms with Gasteiger partial charge in [-0.25, -0.2) is 9.97 Å². The molecule has 3 aliphatic rings. The van der Waals surface area contributed by atoms with Gasteiger partial charge < -0.3 is 24.7 Å². The highest BCUT2D eigenvalue weighted by molar-refractivity contribution is 5.94. The van der Waals surface area contributed by atoms with Crippen LogP contribution in [0.1, 0.15) is 78.9 Å². The fourth-order valence-electron chi connectivity index (χ4n) is 7.10. The van der Waals surface area contributed by atoms with Crippen LogP contribution in [0.15, 0.2) is 49.1 Å². The molecule has 208 valence electrons. The molecule has 2 saturated heterocycles. The van der Waals surface area contributed by atoms with Gasteiger partial charge in [-0.2, -0.15) is 0 Å². The van der Waals surface area contributed by atoms with Crippen molar-refractivity contribution in [1.29, 1.82) is 0 Å². The van der Waals surface area contributed by atoms with Gasteiger partial charge >= 0.3 is 0 Å². The van der Waals surface area contributed by atoms with Gasteiger partial charge in [0.25, 0.3) is 5.91 Å². The highest BCUT2D eigenvalue weighted by atomic mass is 16.2. The Morgan fingerprint density at radius 2 is 1.64 bits per heavy atom. The number of amides is 1. The average Bonchev–Trinajstić information content (AvgIpc) is 3.76.